The largest absolute Gasteiger partial charge is 0.482 e. The van der Waals surface area contributed by atoms with Gasteiger partial charge >= 0.3 is 5.97 Å². The fourth-order valence-electron chi connectivity index (χ4n) is 3.29. The molecule has 1 N–H and O–H groups in total. The quantitative estimate of drug-likeness (QED) is 0.864. The molecule has 0 aliphatic heterocycles. The monoisotopic (exact) mass is 335 g/mol. The van der Waals surface area contributed by atoms with Crippen LogP contribution in [0, 0.1) is 5.41 Å². The second-order valence-corrected chi connectivity index (χ2v) is 7.00. The lowest BCUT2D eigenvalue weighted by Gasteiger charge is -2.61. The highest BCUT2D eigenvalue weighted by Gasteiger charge is 2.59. The Morgan fingerprint density at radius 1 is 1.33 bits per heavy atom. The molecule has 0 radical (unpaired) electrons. The van der Waals surface area contributed by atoms with Crippen molar-refractivity contribution in [2.75, 3.05) is 20.8 Å². The third kappa shape index (κ3) is 3.11. The molecule has 0 heterocycles. The Hall–Kier alpha value is -2.08. The zero-order valence-electron chi connectivity index (χ0n) is 14.8. The van der Waals surface area contributed by atoms with E-state index in [1.807, 2.05) is 0 Å². The van der Waals surface area contributed by atoms with Crippen molar-refractivity contribution < 1.29 is 24.2 Å². The molecule has 2 atom stereocenters. The van der Waals surface area contributed by atoms with Crippen LogP contribution in [0.1, 0.15) is 37.6 Å². The van der Waals surface area contributed by atoms with Gasteiger partial charge in [0.15, 0.2) is 6.61 Å². The van der Waals surface area contributed by atoms with Crippen LogP contribution < -0.4 is 4.74 Å². The number of aliphatic carboxylic acids is 1. The van der Waals surface area contributed by atoms with Crippen LogP contribution in [0.4, 0.5) is 0 Å². The van der Waals surface area contributed by atoms with E-state index in [0.717, 1.165) is 6.42 Å². The molecule has 0 saturated heterocycles. The topological polar surface area (TPSA) is 76.1 Å². The van der Waals surface area contributed by atoms with E-state index in [9.17, 15) is 9.59 Å². The fraction of sp³-hybridized carbons (Fsp3) is 0.556. The number of ether oxygens (including phenoxy) is 2. The molecular formula is C18H25NO5. The van der Waals surface area contributed by atoms with Gasteiger partial charge in [-0.3, -0.25) is 4.79 Å². The molecular weight excluding hydrogens is 310 g/mol. The van der Waals surface area contributed by atoms with Crippen LogP contribution in [0.5, 0.6) is 5.75 Å². The summed E-state index contributed by atoms with van der Waals surface area (Å²) in [6.45, 7) is 5.82. The van der Waals surface area contributed by atoms with E-state index < -0.39 is 12.6 Å². The Morgan fingerprint density at radius 3 is 2.54 bits per heavy atom. The number of amides is 1. The molecule has 6 nitrogen and oxygen atoms in total. The Bertz CT molecular complexity index is 642. The highest BCUT2D eigenvalue weighted by Crippen LogP contribution is 2.53. The SMILES string of the molecule is COC1(C)CC(N(C)C(=O)c2cccc(OCC(=O)O)c2)C1(C)C. The van der Waals surface area contributed by atoms with Gasteiger partial charge < -0.3 is 19.5 Å². The minimum atomic E-state index is -1.06. The van der Waals surface area contributed by atoms with E-state index >= 15 is 0 Å². The minimum absolute atomic E-state index is 0.0681. The first-order valence-corrected chi connectivity index (χ1v) is 7.89. The highest BCUT2D eigenvalue weighted by molar-refractivity contribution is 5.94. The van der Waals surface area contributed by atoms with E-state index in [1.165, 1.54) is 0 Å². The maximum absolute atomic E-state index is 12.8. The smallest absolute Gasteiger partial charge is 0.341 e. The van der Waals surface area contributed by atoms with Gasteiger partial charge in [0, 0.05) is 31.2 Å². The summed E-state index contributed by atoms with van der Waals surface area (Å²) in [7, 11) is 3.48. The summed E-state index contributed by atoms with van der Waals surface area (Å²) >= 11 is 0. The zero-order chi connectivity index (χ0) is 18.1. The molecule has 1 fully saturated rings. The summed E-state index contributed by atoms with van der Waals surface area (Å²) < 4.78 is 10.8. The van der Waals surface area contributed by atoms with Crippen molar-refractivity contribution in [3.05, 3.63) is 29.8 Å². The molecule has 0 aromatic heterocycles. The first-order valence-electron chi connectivity index (χ1n) is 7.89. The summed E-state index contributed by atoms with van der Waals surface area (Å²) in [6, 6.07) is 6.66. The predicted octanol–water partition coefficient (Wildman–Crippen LogP) is 2.43. The molecule has 1 aromatic rings. The van der Waals surface area contributed by atoms with Crippen molar-refractivity contribution in [2.45, 2.75) is 38.8 Å². The number of carbonyl (C=O) groups excluding carboxylic acids is 1. The van der Waals surface area contributed by atoms with Crippen molar-refractivity contribution in [1.82, 2.24) is 4.90 Å². The Labute approximate surface area is 142 Å². The van der Waals surface area contributed by atoms with Crippen molar-refractivity contribution in [3.8, 4) is 5.75 Å². The maximum Gasteiger partial charge on any atom is 0.341 e. The van der Waals surface area contributed by atoms with Crippen LogP contribution in [0.3, 0.4) is 0 Å². The number of carbonyl (C=O) groups is 2. The van der Waals surface area contributed by atoms with Gasteiger partial charge in [0.05, 0.1) is 5.60 Å². The fourth-order valence-corrected chi connectivity index (χ4v) is 3.29. The van der Waals surface area contributed by atoms with Gasteiger partial charge in [-0.2, -0.15) is 0 Å². The normalized spacial score (nSPS) is 24.8. The van der Waals surface area contributed by atoms with Gasteiger partial charge in [0.25, 0.3) is 5.91 Å². The van der Waals surface area contributed by atoms with E-state index in [0.29, 0.717) is 11.3 Å². The summed E-state index contributed by atoms with van der Waals surface area (Å²) in [4.78, 5) is 25.1. The van der Waals surface area contributed by atoms with Crippen molar-refractivity contribution in [3.63, 3.8) is 0 Å². The zero-order valence-corrected chi connectivity index (χ0v) is 14.8. The predicted molar refractivity (Wildman–Crippen MR) is 89.3 cm³/mol. The van der Waals surface area contributed by atoms with Crippen molar-refractivity contribution in [2.24, 2.45) is 5.41 Å². The summed E-state index contributed by atoms with van der Waals surface area (Å²) in [5, 5.41) is 8.67. The molecule has 24 heavy (non-hydrogen) atoms. The standard InChI is InChI=1S/C18H25NO5/c1-17(2)14(10-18(17,3)23-5)19(4)16(22)12-7-6-8-13(9-12)24-11-15(20)21/h6-9,14H,10-11H2,1-5H3,(H,20,21). The lowest BCUT2D eigenvalue weighted by molar-refractivity contribution is -0.198. The van der Waals surface area contributed by atoms with Crippen LogP contribution in [0.25, 0.3) is 0 Å². The van der Waals surface area contributed by atoms with Gasteiger partial charge in [-0.25, -0.2) is 4.79 Å². The van der Waals surface area contributed by atoms with Crippen LogP contribution >= 0.6 is 0 Å². The molecule has 132 valence electrons. The molecule has 1 aliphatic carbocycles. The van der Waals surface area contributed by atoms with Gasteiger partial charge in [0.1, 0.15) is 5.75 Å². The molecule has 6 heteroatoms. The molecule has 1 amide bonds. The van der Waals surface area contributed by atoms with Gasteiger partial charge in [-0.1, -0.05) is 19.9 Å². The minimum Gasteiger partial charge on any atom is -0.482 e. The first kappa shape index (κ1) is 18.3. The molecule has 1 aliphatic rings. The molecule has 2 rings (SSSR count). The van der Waals surface area contributed by atoms with Crippen LogP contribution in [0.2, 0.25) is 0 Å². The van der Waals surface area contributed by atoms with Crippen molar-refractivity contribution >= 4 is 11.9 Å². The Balaban J connectivity index is 2.12. The van der Waals surface area contributed by atoms with E-state index in [4.69, 9.17) is 14.6 Å². The summed E-state index contributed by atoms with van der Waals surface area (Å²) in [5.74, 6) is -0.808. The summed E-state index contributed by atoms with van der Waals surface area (Å²) in [5.41, 5.74) is 0.0598. The third-order valence-corrected chi connectivity index (χ3v) is 5.46. The number of hydrogen-bond acceptors (Lipinski definition) is 4. The van der Waals surface area contributed by atoms with Crippen LogP contribution in [-0.4, -0.2) is 54.3 Å². The number of methoxy groups -OCH3 is 1. The molecule has 1 saturated carbocycles. The average molecular weight is 335 g/mol. The average Bonchev–Trinajstić information content (AvgIpc) is 2.56. The van der Waals surface area contributed by atoms with E-state index in [-0.39, 0.29) is 23.0 Å². The second-order valence-electron chi connectivity index (χ2n) is 7.00. The Morgan fingerprint density at radius 2 is 2.00 bits per heavy atom. The first-order chi connectivity index (χ1) is 11.1. The highest BCUT2D eigenvalue weighted by atomic mass is 16.5. The lowest BCUT2D eigenvalue weighted by Crippen LogP contribution is -2.68. The molecule has 1 aromatic carbocycles. The number of hydrogen-bond donors (Lipinski definition) is 1. The van der Waals surface area contributed by atoms with Gasteiger partial charge in [0.2, 0.25) is 0 Å². The molecule has 0 bridgehead atoms. The number of rotatable bonds is 6. The summed E-state index contributed by atoms with van der Waals surface area (Å²) in [6.07, 6.45) is 0.772. The van der Waals surface area contributed by atoms with Crippen LogP contribution in [0.15, 0.2) is 24.3 Å². The van der Waals surface area contributed by atoms with E-state index in [2.05, 4.69) is 20.8 Å². The number of carboxylic acids is 1. The second kappa shape index (κ2) is 6.43. The number of carboxylic acid groups (broad SMARTS) is 1. The number of nitrogens with zero attached hydrogens (tertiary/aromatic N) is 1. The molecule has 0 spiro atoms. The van der Waals surface area contributed by atoms with E-state index in [1.54, 1.807) is 43.3 Å². The maximum atomic E-state index is 12.8. The van der Waals surface area contributed by atoms with Crippen LogP contribution in [-0.2, 0) is 9.53 Å². The van der Waals surface area contributed by atoms with Crippen molar-refractivity contribution in [1.29, 1.82) is 0 Å². The lowest BCUT2D eigenvalue weighted by atomic mass is 9.55. The molecule has 2 unspecified atom stereocenters. The number of benzene rings is 1. The van der Waals surface area contributed by atoms with Gasteiger partial charge in [-0.15, -0.1) is 0 Å². The Kier molecular flexibility index (Phi) is 4.90. The third-order valence-electron chi connectivity index (χ3n) is 5.46. The van der Waals surface area contributed by atoms with Gasteiger partial charge in [-0.05, 0) is 31.5 Å².